The maximum absolute atomic E-state index is 6.06. The third kappa shape index (κ3) is 2.83. The first-order valence-corrected chi connectivity index (χ1v) is 6.63. The standard InChI is InChI=1S/C13H23N5/c1-9-4-6-18(7-5-9)13(14)15-8-12-10(2)16-17-11(12)3/h9H,4-8H2,1-3H3,(H2,14,15)(H,16,17). The van der Waals surface area contributed by atoms with E-state index in [0.29, 0.717) is 12.5 Å². The molecule has 100 valence electrons. The van der Waals surface area contributed by atoms with E-state index in [2.05, 4.69) is 27.0 Å². The second-order valence-corrected chi connectivity index (χ2v) is 5.26. The number of rotatable bonds is 2. The van der Waals surface area contributed by atoms with Gasteiger partial charge in [0, 0.05) is 24.3 Å². The summed E-state index contributed by atoms with van der Waals surface area (Å²) in [7, 11) is 0. The number of guanidine groups is 1. The molecule has 2 heterocycles. The number of H-pyrrole nitrogens is 1. The molecule has 1 fully saturated rings. The third-order valence-corrected chi connectivity index (χ3v) is 3.79. The number of nitrogens with zero attached hydrogens (tertiary/aromatic N) is 3. The van der Waals surface area contributed by atoms with Gasteiger partial charge in [0.05, 0.1) is 12.2 Å². The number of aliphatic imine (C=N–C) groups is 1. The Hall–Kier alpha value is -1.52. The topological polar surface area (TPSA) is 70.3 Å². The molecule has 1 saturated heterocycles. The van der Waals surface area contributed by atoms with E-state index in [9.17, 15) is 0 Å². The lowest BCUT2D eigenvalue weighted by atomic mass is 10.00. The van der Waals surface area contributed by atoms with Crippen LogP contribution in [-0.2, 0) is 6.54 Å². The van der Waals surface area contributed by atoms with E-state index in [-0.39, 0.29) is 0 Å². The average Bonchev–Trinajstić information content (AvgIpc) is 2.67. The molecule has 0 amide bonds. The number of aromatic amines is 1. The van der Waals surface area contributed by atoms with E-state index < -0.39 is 0 Å². The molecule has 0 saturated carbocycles. The number of piperidine rings is 1. The van der Waals surface area contributed by atoms with Crippen molar-refractivity contribution in [2.45, 2.75) is 40.2 Å². The summed E-state index contributed by atoms with van der Waals surface area (Å²) < 4.78 is 0. The number of hydrogen-bond acceptors (Lipinski definition) is 2. The lowest BCUT2D eigenvalue weighted by molar-refractivity contribution is 0.277. The first kappa shape index (κ1) is 12.9. The molecule has 1 aliphatic rings. The summed E-state index contributed by atoms with van der Waals surface area (Å²) >= 11 is 0. The van der Waals surface area contributed by atoms with Crippen LogP contribution in [0.25, 0.3) is 0 Å². The van der Waals surface area contributed by atoms with E-state index >= 15 is 0 Å². The number of aryl methyl sites for hydroxylation is 2. The van der Waals surface area contributed by atoms with Gasteiger partial charge in [0.15, 0.2) is 5.96 Å². The monoisotopic (exact) mass is 249 g/mol. The van der Waals surface area contributed by atoms with Crippen LogP contribution < -0.4 is 5.73 Å². The van der Waals surface area contributed by atoms with E-state index in [0.717, 1.165) is 36.0 Å². The first-order chi connectivity index (χ1) is 8.58. The Balaban J connectivity index is 1.97. The molecule has 2 rings (SSSR count). The van der Waals surface area contributed by atoms with Gasteiger partial charge in [0.1, 0.15) is 0 Å². The first-order valence-electron chi connectivity index (χ1n) is 6.63. The SMILES string of the molecule is Cc1n[nH]c(C)c1CN=C(N)N1CCC(C)CC1. The van der Waals surface area contributed by atoms with Gasteiger partial charge in [-0.05, 0) is 32.6 Å². The molecule has 0 unspecified atom stereocenters. The van der Waals surface area contributed by atoms with Crippen molar-refractivity contribution in [3.05, 3.63) is 17.0 Å². The molecule has 1 aliphatic heterocycles. The van der Waals surface area contributed by atoms with Gasteiger partial charge in [0.25, 0.3) is 0 Å². The van der Waals surface area contributed by atoms with Gasteiger partial charge >= 0.3 is 0 Å². The second-order valence-electron chi connectivity index (χ2n) is 5.26. The predicted octanol–water partition coefficient (Wildman–Crippen LogP) is 1.57. The number of hydrogen-bond donors (Lipinski definition) is 2. The highest BCUT2D eigenvalue weighted by Gasteiger charge is 2.17. The number of nitrogens with one attached hydrogen (secondary N) is 1. The van der Waals surface area contributed by atoms with Crippen molar-refractivity contribution in [3.8, 4) is 0 Å². The molecule has 0 bridgehead atoms. The normalized spacial score (nSPS) is 18.4. The Morgan fingerprint density at radius 3 is 2.67 bits per heavy atom. The van der Waals surface area contributed by atoms with Gasteiger partial charge in [-0.1, -0.05) is 6.92 Å². The van der Waals surface area contributed by atoms with Crippen LogP contribution in [0.2, 0.25) is 0 Å². The van der Waals surface area contributed by atoms with Crippen molar-refractivity contribution in [1.29, 1.82) is 0 Å². The molecule has 0 radical (unpaired) electrons. The largest absolute Gasteiger partial charge is 0.370 e. The Labute approximate surface area is 108 Å². The molecule has 0 spiro atoms. The summed E-state index contributed by atoms with van der Waals surface area (Å²) in [6.07, 6.45) is 2.42. The van der Waals surface area contributed by atoms with Crippen LogP contribution in [-0.4, -0.2) is 34.1 Å². The molecule has 0 aromatic carbocycles. The summed E-state index contributed by atoms with van der Waals surface area (Å²) in [4.78, 5) is 6.68. The Morgan fingerprint density at radius 1 is 1.44 bits per heavy atom. The summed E-state index contributed by atoms with van der Waals surface area (Å²) in [6, 6.07) is 0. The molecule has 1 aromatic rings. The molecule has 5 heteroatoms. The van der Waals surface area contributed by atoms with Crippen molar-refractivity contribution in [2.24, 2.45) is 16.6 Å². The number of nitrogens with two attached hydrogens (primary N) is 1. The average molecular weight is 249 g/mol. The minimum Gasteiger partial charge on any atom is -0.370 e. The van der Waals surface area contributed by atoms with Crippen molar-refractivity contribution >= 4 is 5.96 Å². The maximum atomic E-state index is 6.06. The van der Waals surface area contributed by atoms with Crippen LogP contribution in [0.15, 0.2) is 4.99 Å². The van der Waals surface area contributed by atoms with Gasteiger partial charge in [-0.25, -0.2) is 4.99 Å². The van der Waals surface area contributed by atoms with Crippen LogP contribution in [0, 0.1) is 19.8 Å². The predicted molar refractivity (Wildman–Crippen MR) is 73.4 cm³/mol. The minimum atomic E-state index is 0.617. The van der Waals surface area contributed by atoms with E-state index in [1.165, 1.54) is 12.8 Å². The molecule has 0 aliphatic carbocycles. The van der Waals surface area contributed by atoms with Crippen molar-refractivity contribution in [2.75, 3.05) is 13.1 Å². The van der Waals surface area contributed by atoms with Crippen LogP contribution in [0.1, 0.15) is 36.7 Å². The summed E-state index contributed by atoms with van der Waals surface area (Å²) in [5.41, 5.74) is 9.30. The fourth-order valence-electron chi connectivity index (χ4n) is 2.30. The lowest BCUT2D eigenvalue weighted by Gasteiger charge is -2.31. The smallest absolute Gasteiger partial charge is 0.191 e. The minimum absolute atomic E-state index is 0.617. The zero-order chi connectivity index (χ0) is 13.1. The highest BCUT2D eigenvalue weighted by molar-refractivity contribution is 5.78. The lowest BCUT2D eigenvalue weighted by Crippen LogP contribution is -2.42. The summed E-state index contributed by atoms with van der Waals surface area (Å²) in [5, 5.41) is 7.14. The van der Waals surface area contributed by atoms with Crippen LogP contribution in [0.4, 0.5) is 0 Å². The summed E-state index contributed by atoms with van der Waals surface area (Å²) in [5.74, 6) is 1.48. The molecular formula is C13H23N5. The van der Waals surface area contributed by atoms with Crippen LogP contribution in [0.5, 0.6) is 0 Å². The van der Waals surface area contributed by atoms with Crippen molar-refractivity contribution < 1.29 is 0 Å². The maximum Gasteiger partial charge on any atom is 0.191 e. The quantitative estimate of drug-likeness (QED) is 0.617. The molecule has 3 N–H and O–H groups in total. The zero-order valence-electron chi connectivity index (χ0n) is 11.5. The number of aromatic nitrogens is 2. The highest BCUT2D eigenvalue weighted by Crippen LogP contribution is 2.16. The molecular weight excluding hydrogens is 226 g/mol. The third-order valence-electron chi connectivity index (χ3n) is 3.79. The van der Waals surface area contributed by atoms with Gasteiger partial charge in [0.2, 0.25) is 0 Å². The molecule has 0 atom stereocenters. The van der Waals surface area contributed by atoms with E-state index in [1.807, 2.05) is 13.8 Å². The molecule has 18 heavy (non-hydrogen) atoms. The Morgan fingerprint density at radius 2 is 2.11 bits per heavy atom. The van der Waals surface area contributed by atoms with Crippen LogP contribution >= 0.6 is 0 Å². The Bertz CT molecular complexity index is 407. The van der Waals surface area contributed by atoms with Gasteiger partial charge < -0.3 is 10.6 Å². The van der Waals surface area contributed by atoms with Crippen molar-refractivity contribution in [1.82, 2.24) is 15.1 Å². The zero-order valence-corrected chi connectivity index (χ0v) is 11.5. The van der Waals surface area contributed by atoms with Crippen molar-refractivity contribution in [3.63, 3.8) is 0 Å². The van der Waals surface area contributed by atoms with Gasteiger partial charge in [-0.2, -0.15) is 5.10 Å². The van der Waals surface area contributed by atoms with E-state index in [1.54, 1.807) is 0 Å². The number of likely N-dealkylation sites (tertiary alicyclic amines) is 1. The second kappa shape index (κ2) is 5.42. The van der Waals surface area contributed by atoms with E-state index in [4.69, 9.17) is 5.73 Å². The molecule has 1 aromatic heterocycles. The van der Waals surface area contributed by atoms with Gasteiger partial charge in [-0.3, -0.25) is 5.10 Å². The molecule has 5 nitrogen and oxygen atoms in total. The fraction of sp³-hybridized carbons (Fsp3) is 0.692. The Kier molecular flexibility index (Phi) is 3.89. The fourth-order valence-corrected chi connectivity index (χ4v) is 2.30. The summed E-state index contributed by atoms with van der Waals surface area (Å²) in [6.45, 7) is 8.98. The van der Waals surface area contributed by atoms with Crippen LogP contribution in [0.3, 0.4) is 0 Å². The highest BCUT2D eigenvalue weighted by atomic mass is 15.3. The van der Waals surface area contributed by atoms with Gasteiger partial charge in [-0.15, -0.1) is 0 Å².